The Balaban J connectivity index is 2.42. The lowest BCUT2D eigenvalue weighted by atomic mass is 10.00. The second-order valence-corrected chi connectivity index (χ2v) is 4.30. The van der Waals surface area contributed by atoms with Crippen LogP contribution in [0.15, 0.2) is 24.5 Å². The molecule has 2 rings (SSSR count). The summed E-state index contributed by atoms with van der Waals surface area (Å²) in [5, 5.41) is 7.05. The molecule has 3 N–H and O–H groups in total. The zero-order chi connectivity index (χ0) is 11.5. The minimum absolute atomic E-state index is 0.551. The van der Waals surface area contributed by atoms with Gasteiger partial charge in [-0.05, 0) is 24.5 Å². The van der Waals surface area contributed by atoms with Crippen LogP contribution in [0.1, 0.15) is 19.4 Å². The van der Waals surface area contributed by atoms with E-state index in [1.54, 1.807) is 6.20 Å². The van der Waals surface area contributed by atoms with E-state index in [1.165, 1.54) is 0 Å². The normalized spacial score (nSPS) is 10.9. The lowest BCUT2D eigenvalue weighted by molar-refractivity contribution is 0.649. The predicted octanol–water partition coefficient (Wildman–Crippen LogP) is 2.25. The van der Waals surface area contributed by atoms with Gasteiger partial charge < -0.3 is 5.73 Å². The Bertz CT molecular complexity index is 459. The molecule has 2 aromatic rings. The molecule has 0 amide bonds. The SMILES string of the molecule is CC(C)Cc1c(N)n[nH]c1-c1cccnc1. The van der Waals surface area contributed by atoms with Gasteiger partial charge in [0.05, 0.1) is 5.69 Å². The highest BCUT2D eigenvalue weighted by Crippen LogP contribution is 2.26. The van der Waals surface area contributed by atoms with Gasteiger partial charge in [0.15, 0.2) is 0 Å². The fourth-order valence-electron chi connectivity index (χ4n) is 1.74. The van der Waals surface area contributed by atoms with Crippen molar-refractivity contribution in [2.75, 3.05) is 5.73 Å². The molecule has 0 saturated carbocycles. The first kappa shape index (κ1) is 10.7. The molecule has 0 unspecified atom stereocenters. The zero-order valence-electron chi connectivity index (χ0n) is 9.57. The predicted molar refractivity (Wildman–Crippen MR) is 64.8 cm³/mol. The molecule has 0 aliphatic carbocycles. The highest BCUT2D eigenvalue weighted by Gasteiger charge is 2.13. The molecule has 16 heavy (non-hydrogen) atoms. The van der Waals surface area contributed by atoms with Crippen LogP contribution in [0.25, 0.3) is 11.3 Å². The van der Waals surface area contributed by atoms with Crippen LogP contribution < -0.4 is 5.73 Å². The summed E-state index contributed by atoms with van der Waals surface area (Å²) in [7, 11) is 0. The number of nitrogens with two attached hydrogens (primary N) is 1. The topological polar surface area (TPSA) is 67.6 Å². The molecule has 0 aliphatic rings. The third-order valence-corrected chi connectivity index (χ3v) is 2.46. The summed E-state index contributed by atoms with van der Waals surface area (Å²) in [6.45, 7) is 4.33. The zero-order valence-corrected chi connectivity index (χ0v) is 9.57. The molecule has 0 aromatic carbocycles. The van der Waals surface area contributed by atoms with Crippen molar-refractivity contribution in [2.24, 2.45) is 5.92 Å². The molecule has 0 bridgehead atoms. The third kappa shape index (κ3) is 2.05. The largest absolute Gasteiger partial charge is 0.382 e. The number of nitrogens with one attached hydrogen (secondary N) is 1. The minimum Gasteiger partial charge on any atom is -0.382 e. The van der Waals surface area contributed by atoms with Gasteiger partial charge in [0, 0.05) is 23.5 Å². The second kappa shape index (κ2) is 4.35. The molecule has 84 valence electrons. The van der Waals surface area contributed by atoms with Gasteiger partial charge in [-0.1, -0.05) is 13.8 Å². The highest BCUT2D eigenvalue weighted by molar-refractivity contribution is 5.67. The summed E-state index contributed by atoms with van der Waals surface area (Å²) in [4.78, 5) is 4.10. The van der Waals surface area contributed by atoms with Crippen molar-refractivity contribution in [3.05, 3.63) is 30.1 Å². The van der Waals surface area contributed by atoms with Crippen LogP contribution in [-0.2, 0) is 6.42 Å². The fraction of sp³-hybridized carbons (Fsp3) is 0.333. The standard InChI is InChI=1S/C12H16N4/c1-8(2)6-10-11(15-16-12(10)13)9-4-3-5-14-7-9/h3-5,7-8H,6H2,1-2H3,(H3,13,15,16). The Morgan fingerprint density at radius 2 is 2.25 bits per heavy atom. The first-order chi connectivity index (χ1) is 7.68. The van der Waals surface area contributed by atoms with Crippen LogP contribution >= 0.6 is 0 Å². The summed E-state index contributed by atoms with van der Waals surface area (Å²) in [5.41, 5.74) is 8.97. The quantitative estimate of drug-likeness (QED) is 0.826. The maximum Gasteiger partial charge on any atom is 0.149 e. The van der Waals surface area contributed by atoms with Gasteiger partial charge in [-0.2, -0.15) is 5.10 Å². The molecule has 2 aromatic heterocycles. The molecule has 0 spiro atoms. The molecule has 0 fully saturated rings. The Morgan fingerprint density at radius 1 is 1.44 bits per heavy atom. The molecule has 4 nitrogen and oxygen atoms in total. The van der Waals surface area contributed by atoms with Crippen LogP contribution in [0.5, 0.6) is 0 Å². The van der Waals surface area contributed by atoms with E-state index in [-0.39, 0.29) is 0 Å². The Kier molecular flexibility index (Phi) is 2.90. The van der Waals surface area contributed by atoms with Crippen LogP contribution in [0.2, 0.25) is 0 Å². The van der Waals surface area contributed by atoms with E-state index in [0.29, 0.717) is 11.7 Å². The van der Waals surface area contributed by atoms with E-state index >= 15 is 0 Å². The Labute approximate surface area is 94.9 Å². The highest BCUT2D eigenvalue weighted by atomic mass is 15.2. The lowest BCUT2D eigenvalue weighted by Gasteiger charge is -2.06. The summed E-state index contributed by atoms with van der Waals surface area (Å²) in [6.07, 6.45) is 4.49. The van der Waals surface area contributed by atoms with Crippen molar-refractivity contribution in [3.8, 4) is 11.3 Å². The number of hydrogen-bond acceptors (Lipinski definition) is 3. The molecule has 2 heterocycles. The molecule has 0 saturated heterocycles. The lowest BCUT2D eigenvalue weighted by Crippen LogP contribution is -1.99. The van der Waals surface area contributed by atoms with Gasteiger partial charge in [0.2, 0.25) is 0 Å². The maximum atomic E-state index is 5.86. The van der Waals surface area contributed by atoms with Crippen LogP contribution in [0.4, 0.5) is 5.82 Å². The second-order valence-electron chi connectivity index (χ2n) is 4.30. The molecule has 0 atom stereocenters. The average Bonchev–Trinajstić information content (AvgIpc) is 2.61. The van der Waals surface area contributed by atoms with Crippen LogP contribution in [0.3, 0.4) is 0 Å². The van der Waals surface area contributed by atoms with E-state index in [1.807, 2.05) is 18.3 Å². The number of nitrogens with zero attached hydrogens (tertiary/aromatic N) is 2. The van der Waals surface area contributed by atoms with Gasteiger partial charge >= 0.3 is 0 Å². The number of rotatable bonds is 3. The summed E-state index contributed by atoms with van der Waals surface area (Å²) < 4.78 is 0. The van der Waals surface area contributed by atoms with Gasteiger partial charge in [-0.3, -0.25) is 10.1 Å². The van der Waals surface area contributed by atoms with E-state index in [0.717, 1.165) is 23.2 Å². The van der Waals surface area contributed by atoms with E-state index in [9.17, 15) is 0 Å². The smallest absolute Gasteiger partial charge is 0.149 e. The molecule has 4 heteroatoms. The van der Waals surface area contributed by atoms with Crippen molar-refractivity contribution in [1.29, 1.82) is 0 Å². The van der Waals surface area contributed by atoms with Crippen molar-refractivity contribution >= 4 is 5.82 Å². The molecule has 0 radical (unpaired) electrons. The van der Waals surface area contributed by atoms with Crippen LogP contribution in [0, 0.1) is 5.92 Å². The van der Waals surface area contributed by atoms with Gasteiger partial charge in [0.25, 0.3) is 0 Å². The van der Waals surface area contributed by atoms with Crippen molar-refractivity contribution in [2.45, 2.75) is 20.3 Å². The number of anilines is 1. The number of pyridine rings is 1. The Hall–Kier alpha value is -1.84. The van der Waals surface area contributed by atoms with Crippen LogP contribution in [-0.4, -0.2) is 15.2 Å². The van der Waals surface area contributed by atoms with Gasteiger partial charge in [-0.15, -0.1) is 0 Å². The van der Waals surface area contributed by atoms with Gasteiger partial charge in [-0.25, -0.2) is 0 Å². The molecule has 0 aliphatic heterocycles. The summed E-state index contributed by atoms with van der Waals surface area (Å²) in [6, 6.07) is 3.91. The number of hydrogen-bond donors (Lipinski definition) is 2. The van der Waals surface area contributed by atoms with Crippen molar-refractivity contribution < 1.29 is 0 Å². The van der Waals surface area contributed by atoms with Crippen molar-refractivity contribution in [3.63, 3.8) is 0 Å². The number of H-pyrrole nitrogens is 1. The molecular weight excluding hydrogens is 200 g/mol. The summed E-state index contributed by atoms with van der Waals surface area (Å²) >= 11 is 0. The fourth-order valence-corrected chi connectivity index (χ4v) is 1.74. The third-order valence-electron chi connectivity index (χ3n) is 2.46. The van der Waals surface area contributed by atoms with E-state index < -0.39 is 0 Å². The number of aromatic nitrogens is 3. The number of aromatic amines is 1. The summed E-state index contributed by atoms with van der Waals surface area (Å²) in [5.74, 6) is 1.14. The minimum atomic E-state index is 0.551. The van der Waals surface area contributed by atoms with Crippen molar-refractivity contribution in [1.82, 2.24) is 15.2 Å². The maximum absolute atomic E-state index is 5.86. The monoisotopic (exact) mass is 216 g/mol. The van der Waals surface area contributed by atoms with E-state index in [2.05, 4.69) is 29.0 Å². The first-order valence-corrected chi connectivity index (χ1v) is 5.41. The van der Waals surface area contributed by atoms with Gasteiger partial charge in [0.1, 0.15) is 5.82 Å². The Morgan fingerprint density at radius 3 is 2.88 bits per heavy atom. The number of nitrogen functional groups attached to an aromatic ring is 1. The van der Waals surface area contributed by atoms with E-state index in [4.69, 9.17) is 5.73 Å². The average molecular weight is 216 g/mol. The molecular formula is C12H16N4. The first-order valence-electron chi connectivity index (χ1n) is 5.41.